The van der Waals surface area contributed by atoms with E-state index in [2.05, 4.69) is 23.3 Å². The third kappa shape index (κ3) is 7.35. The molecule has 0 aliphatic rings. The number of esters is 1. The summed E-state index contributed by atoms with van der Waals surface area (Å²) in [6.45, 7) is 1.07. The number of hydrogen-bond donors (Lipinski definition) is 3. The van der Waals surface area contributed by atoms with Gasteiger partial charge in [0, 0.05) is 5.56 Å². The second-order valence-corrected chi connectivity index (χ2v) is 7.48. The molecular weight excluding hydrogens is 415 g/mol. The summed E-state index contributed by atoms with van der Waals surface area (Å²) in [5.74, 6) is -1.19. The van der Waals surface area contributed by atoms with E-state index in [-0.39, 0.29) is 29.6 Å². The Bertz CT molecular complexity index is 867. The standard InChI is InChI=1S/C20H21FN2O4S2/c1-20(15-9-5-6-10-16(15)21,13-27-17(24)11-22-19(28)29)23-18(25)26-12-14-7-3-2-4-8-14/h2-10H,11-13H2,1H3,(H,23,25)(H2,22,28,29)/t20-/m0/s1. The zero-order valence-corrected chi connectivity index (χ0v) is 17.4. The van der Waals surface area contributed by atoms with Crippen LogP contribution in [0.3, 0.4) is 0 Å². The van der Waals surface area contributed by atoms with Gasteiger partial charge in [0.1, 0.15) is 35.4 Å². The molecule has 2 aromatic rings. The number of thiol groups is 1. The van der Waals surface area contributed by atoms with Crippen LogP contribution in [0.5, 0.6) is 0 Å². The molecule has 29 heavy (non-hydrogen) atoms. The van der Waals surface area contributed by atoms with Crippen LogP contribution in [0.15, 0.2) is 54.6 Å². The fourth-order valence-electron chi connectivity index (χ4n) is 2.50. The first-order valence-corrected chi connectivity index (χ1v) is 9.52. The molecule has 0 saturated heterocycles. The fourth-order valence-corrected chi connectivity index (χ4v) is 2.65. The van der Waals surface area contributed by atoms with Crippen molar-refractivity contribution < 1.29 is 23.5 Å². The van der Waals surface area contributed by atoms with Gasteiger partial charge in [0.15, 0.2) is 0 Å². The highest BCUT2D eigenvalue weighted by Gasteiger charge is 2.33. The first kappa shape index (κ1) is 22.6. The molecule has 9 heteroatoms. The number of rotatable bonds is 8. The smallest absolute Gasteiger partial charge is 0.408 e. The number of alkyl carbamates (subject to hydrolysis) is 1. The van der Waals surface area contributed by atoms with Crippen LogP contribution in [0.4, 0.5) is 9.18 Å². The summed E-state index contributed by atoms with van der Waals surface area (Å²) in [5.41, 5.74) is -0.395. The molecular formula is C20H21FN2O4S2. The monoisotopic (exact) mass is 436 g/mol. The van der Waals surface area contributed by atoms with Gasteiger partial charge in [0.2, 0.25) is 0 Å². The number of benzene rings is 2. The molecule has 1 amide bonds. The number of amides is 1. The molecule has 1 atom stereocenters. The Morgan fingerprint density at radius 1 is 1.10 bits per heavy atom. The lowest BCUT2D eigenvalue weighted by atomic mass is 9.92. The van der Waals surface area contributed by atoms with Crippen LogP contribution < -0.4 is 10.6 Å². The van der Waals surface area contributed by atoms with E-state index in [1.54, 1.807) is 13.0 Å². The number of ether oxygens (including phenoxy) is 2. The van der Waals surface area contributed by atoms with Crippen LogP contribution in [0.2, 0.25) is 0 Å². The number of hydrogen-bond acceptors (Lipinski definition) is 5. The number of halogens is 1. The Morgan fingerprint density at radius 2 is 1.76 bits per heavy atom. The molecule has 0 bridgehead atoms. The van der Waals surface area contributed by atoms with E-state index in [9.17, 15) is 14.0 Å². The van der Waals surface area contributed by atoms with Crippen LogP contribution >= 0.6 is 24.8 Å². The molecule has 0 aliphatic heterocycles. The van der Waals surface area contributed by atoms with Crippen molar-refractivity contribution in [3.05, 3.63) is 71.5 Å². The summed E-state index contributed by atoms with van der Waals surface area (Å²) in [6, 6.07) is 15.0. The van der Waals surface area contributed by atoms with Crippen molar-refractivity contribution in [2.75, 3.05) is 13.2 Å². The second kappa shape index (κ2) is 10.8. The highest BCUT2D eigenvalue weighted by atomic mass is 32.1. The average molecular weight is 437 g/mol. The minimum Gasteiger partial charge on any atom is -0.462 e. The van der Waals surface area contributed by atoms with Crippen LogP contribution in [-0.2, 0) is 26.4 Å². The van der Waals surface area contributed by atoms with Gasteiger partial charge in [0.25, 0.3) is 0 Å². The van der Waals surface area contributed by atoms with E-state index in [0.29, 0.717) is 0 Å². The Labute approximate surface area is 179 Å². The maximum Gasteiger partial charge on any atom is 0.408 e. The van der Waals surface area contributed by atoms with E-state index in [4.69, 9.17) is 21.7 Å². The Morgan fingerprint density at radius 3 is 2.41 bits per heavy atom. The van der Waals surface area contributed by atoms with E-state index in [1.807, 2.05) is 30.3 Å². The third-order valence-electron chi connectivity index (χ3n) is 3.96. The first-order chi connectivity index (χ1) is 13.8. The maximum atomic E-state index is 14.4. The van der Waals surface area contributed by atoms with Gasteiger partial charge >= 0.3 is 12.1 Å². The predicted molar refractivity (Wildman–Crippen MR) is 114 cm³/mol. The Balaban J connectivity index is 2.08. The average Bonchev–Trinajstić information content (AvgIpc) is 2.70. The van der Waals surface area contributed by atoms with Crippen molar-refractivity contribution in [1.82, 2.24) is 10.6 Å². The van der Waals surface area contributed by atoms with Crippen molar-refractivity contribution in [3.63, 3.8) is 0 Å². The molecule has 0 heterocycles. The quantitative estimate of drug-likeness (QED) is 0.335. The third-order valence-corrected chi connectivity index (χ3v) is 4.27. The number of thiocarbonyl (C=S) groups is 1. The lowest BCUT2D eigenvalue weighted by Crippen LogP contribution is -2.48. The molecule has 0 saturated carbocycles. The van der Waals surface area contributed by atoms with Gasteiger partial charge in [-0.15, -0.1) is 12.6 Å². The van der Waals surface area contributed by atoms with Crippen LogP contribution in [0, 0.1) is 5.82 Å². The minimum atomic E-state index is -1.35. The minimum absolute atomic E-state index is 0.0448. The molecule has 0 radical (unpaired) electrons. The summed E-state index contributed by atoms with van der Waals surface area (Å²) >= 11 is 8.57. The van der Waals surface area contributed by atoms with Crippen molar-refractivity contribution in [1.29, 1.82) is 0 Å². The summed E-state index contributed by atoms with van der Waals surface area (Å²) in [4.78, 5) is 24.2. The largest absolute Gasteiger partial charge is 0.462 e. The Hall–Kier alpha value is -2.65. The van der Waals surface area contributed by atoms with Crippen LogP contribution in [0.1, 0.15) is 18.1 Å². The lowest BCUT2D eigenvalue weighted by Gasteiger charge is -2.30. The van der Waals surface area contributed by atoms with Gasteiger partial charge in [-0.3, -0.25) is 4.79 Å². The van der Waals surface area contributed by atoms with E-state index in [1.165, 1.54) is 18.2 Å². The highest BCUT2D eigenvalue weighted by Crippen LogP contribution is 2.24. The van der Waals surface area contributed by atoms with Gasteiger partial charge in [0.05, 0.1) is 0 Å². The molecule has 2 N–H and O–H groups in total. The zero-order valence-electron chi connectivity index (χ0n) is 15.7. The van der Waals surface area contributed by atoms with Crippen molar-refractivity contribution in [2.45, 2.75) is 19.1 Å². The van der Waals surface area contributed by atoms with Gasteiger partial charge in [-0.25, -0.2) is 9.18 Å². The molecule has 0 spiro atoms. The van der Waals surface area contributed by atoms with Crippen molar-refractivity contribution in [3.8, 4) is 0 Å². The fraction of sp³-hybridized carbons (Fsp3) is 0.250. The topological polar surface area (TPSA) is 76.7 Å². The first-order valence-electron chi connectivity index (χ1n) is 8.66. The summed E-state index contributed by atoms with van der Waals surface area (Å²) in [6.07, 6.45) is -0.773. The highest BCUT2D eigenvalue weighted by molar-refractivity contribution is 8.11. The van der Waals surface area contributed by atoms with E-state index in [0.717, 1.165) is 5.56 Å². The summed E-state index contributed by atoms with van der Waals surface area (Å²) in [5, 5.41) is 5.15. The van der Waals surface area contributed by atoms with Gasteiger partial charge in [-0.2, -0.15) is 0 Å². The van der Waals surface area contributed by atoms with Gasteiger partial charge < -0.3 is 20.1 Å². The van der Waals surface area contributed by atoms with Crippen LogP contribution in [-0.4, -0.2) is 29.5 Å². The predicted octanol–water partition coefficient (Wildman–Crippen LogP) is 3.31. The molecule has 0 aliphatic carbocycles. The van der Waals surface area contributed by atoms with E-state index < -0.39 is 23.4 Å². The molecule has 154 valence electrons. The molecule has 2 aromatic carbocycles. The normalized spacial score (nSPS) is 12.4. The number of nitrogens with one attached hydrogen (secondary N) is 2. The second-order valence-electron chi connectivity index (χ2n) is 6.32. The number of carbonyl (C=O) groups excluding carboxylic acids is 2. The van der Waals surface area contributed by atoms with Crippen molar-refractivity contribution in [2.24, 2.45) is 0 Å². The molecule has 2 rings (SSSR count). The molecule has 0 unspecified atom stereocenters. The van der Waals surface area contributed by atoms with Gasteiger partial charge in [-0.05, 0) is 18.6 Å². The van der Waals surface area contributed by atoms with Crippen molar-refractivity contribution >= 4 is 41.2 Å². The molecule has 0 aromatic heterocycles. The van der Waals surface area contributed by atoms with Crippen LogP contribution in [0.25, 0.3) is 0 Å². The summed E-state index contributed by atoms with van der Waals surface area (Å²) < 4.78 is 24.9. The maximum absolute atomic E-state index is 14.4. The summed E-state index contributed by atoms with van der Waals surface area (Å²) in [7, 11) is 0. The number of carbonyl (C=O) groups is 2. The molecule has 0 fully saturated rings. The zero-order chi connectivity index (χ0) is 21.3. The Kier molecular flexibility index (Phi) is 8.41. The molecule has 6 nitrogen and oxygen atoms in total. The SMILES string of the molecule is C[C@@](COC(=O)CNC(=S)S)(NC(=O)OCc1ccccc1)c1ccccc1F. The van der Waals surface area contributed by atoms with E-state index >= 15 is 0 Å². The van der Waals surface area contributed by atoms with Gasteiger partial charge in [-0.1, -0.05) is 60.7 Å². The lowest BCUT2D eigenvalue weighted by molar-refractivity contribution is -0.144.